The number of methoxy groups -OCH3 is 1. The minimum absolute atomic E-state index is 0.0769. The second-order valence-electron chi connectivity index (χ2n) is 8.21. The molecule has 5 atom stereocenters. The molecule has 1 aliphatic heterocycles. The number of hydrogen-bond acceptors (Lipinski definition) is 8. The van der Waals surface area contributed by atoms with Gasteiger partial charge in [-0.15, -0.1) is 0 Å². The maximum Gasteiger partial charge on any atom is 0.330 e. The molecule has 1 fully saturated rings. The lowest BCUT2D eigenvalue weighted by atomic mass is 9.98. The summed E-state index contributed by atoms with van der Waals surface area (Å²) in [7, 11) is 1.15. The number of imidazole rings is 1. The molecule has 0 saturated carbocycles. The molecule has 3 amide bonds. The highest BCUT2D eigenvalue weighted by molar-refractivity contribution is 5.94. The van der Waals surface area contributed by atoms with Crippen LogP contribution in [0.15, 0.2) is 12.5 Å². The van der Waals surface area contributed by atoms with Crippen molar-refractivity contribution >= 4 is 23.7 Å². The van der Waals surface area contributed by atoms with E-state index in [2.05, 4.69) is 25.3 Å². The van der Waals surface area contributed by atoms with Crippen LogP contribution in [0.1, 0.15) is 38.8 Å². The summed E-state index contributed by atoms with van der Waals surface area (Å²) < 4.78 is 4.57. The Hall–Kier alpha value is -2.99. The van der Waals surface area contributed by atoms with E-state index in [-0.39, 0.29) is 12.3 Å². The number of amides is 3. The van der Waals surface area contributed by atoms with Crippen LogP contribution in [-0.4, -0.2) is 88.1 Å². The number of nitrogens with two attached hydrogens (primary N) is 1. The first kappa shape index (κ1) is 26.3. The van der Waals surface area contributed by atoms with Crippen molar-refractivity contribution in [1.82, 2.24) is 25.5 Å². The van der Waals surface area contributed by atoms with E-state index in [0.29, 0.717) is 31.5 Å². The number of aliphatic hydroxyl groups excluding tert-OH is 1. The van der Waals surface area contributed by atoms with Gasteiger partial charge in [-0.2, -0.15) is 0 Å². The number of H-pyrrole nitrogens is 1. The van der Waals surface area contributed by atoms with E-state index in [9.17, 15) is 24.3 Å². The molecule has 1 aromatic rings. The molecule has 1 aliphatic rings. The third kappa shape index (κ3) is 6.75. The molecule has 6 N–H and O–H groups in total. The van der Waals surface area contributed by atoms with E-state index in [4.69, 9.17) is 5.73 Å². The van der Waals surface area contributed by atoms with Crippen molar-refractivity contribution in [1.29, 1.82) is 0 Å². The predicted octanol–water partition coefficient (Wildman–Crippen LogP) is -1.55. The summed E-state index contributed by atoms with van der Waals surface area (Å²) >= 11 is 0. The molecule has 184 valence electrons. The molecule has 12 nitrogen and oxygen atoms in total. The van der Waals surface area contributed by atoms with Gasteiger partial charge in [-0.1, -0.05) is 20.3 Å². The SMILES string of the molecule is CC[C@H](C)[C@H](N)C(=O)N[C@@H](Cc1cnc[nH]1)C(=O)N1CCC[C@H]1C(=O)N[C@@H](CO)C(=O)OC. The molecule has 12 heteroatoms. The van der Waals surface area contributed by atoms with Crippen LogP contribution in [0.2, 0.25) is 0 Å². The zero-order valence-electron chi connectivity index (χ0n) is 19.2. The van der Waals surface area contributed by atoms with Gasteiger partial charge in [-0.3, -0.25) is 14.4 Å². The van der Waals surface area contributed by atoms with Gasteiger partial charge in [0.1, 0.15) is 12.1 Å². The molecular formula is C21H34N6O6. The van der Waals surface area contributed by atoms with Gasteiger partial charge in [0, 0.05) is 24.9 Å². The van der Waals surface area contributed by atoms with E-state index in [0.717, 1.165) is 7.11 Å². The largest absolute Gasteiger partial charge is 0.467 e. The van der Waals surface area contributed by atoms with Crippen molar-refractivity contribution in [2.45, 2.75) is 63.7 Å². The lowest BCUT2D eigenvalue weighted by Crippen LogP contribution is -2.58. The molecule has 33 heavy (non-hydrogen) atoms. The fourth-order valence-electron chi connectivity index (χ4n) is 3.69. The molecule has 0 radical (unpaired) electrons. The summed E-state index contributed by atoms with van der Waals surface area (Å²) in [6.45, 7) is 3.46. The molecular weight excluding hydrogens is 432 g/mol. The Morgan fingerprint density at radius 3 is 2.64 bits per heavy atom. The maximum absolute atomic E-state index is 13.4. The van der Waals surface area contributed by atoms with Crippen molar-refractivity contribution in [3.8, 4) is 0 Å². The van der Waals surface area contributed by atoms with Gasteiger partial charge in [0.25, 0.3) is 0 Å². The van der Waals surface area contributed by atoms with E-state index in [1.165, 1.54) is 11.2 Å². The van der Waals surface area contributed by atoms with Crippen molar-refractivity contribution in [2.24, 2.45) is 11.7 Å². The molecule has 0 bridgehead atoms. The summed E-state index contributed by atoms with van der Waals surface area (Å²) in [6, 6.07) is -3.82. The predicted molar refractivity (Wildman–Crippen MR) is 117 cm³/mol. The summed E-state index contributed by atoms with van der Waals surface area (Å²) in [5, 5.41) is 14.5. The van der Waals surface area contributed by atoms with Crippen LogP contribution in [-0.2, 0) is 30.3 Å². The van der Waals surface area contributed by atoms with Crippen LogP contribution >= 0.6 is 0 Å². The van der Waals surface area contributed by atoms with Crippen LogP contribution in [0.4, 0.5) is 0 Å². The van der Waals surface area contributed by atoms with Crippen molar-refractivity contribution < 1.29 is 29.0 Å². The molecule has 2 heterocycles. The standard InChI is InChI=1S/C21H34N6O6/c1-4-12(2)17(22)19(30)25-14(8-13-9-23-11-24-13)20(31)27-7-5-6-16(27)18(29)26-15(10-28)21(32)33-3/h9,11-12,14-17,28H,4-8,10,22H2,1-3H3,(H,23,24)(H,25,30)(H,26,29)/t12-,14-,15-,16-,17-/m0/s1. The lowest BCUT2D eigenvalue weighted by Gasteiger charge is -2.30. The average molecular weight is 467 g/mol. The lowest BCUT2D eigenvalue weighted by molar-refractivity contribution is -0.147. The minimum Gasteiger partial charge on any atom is -0.467 e. The molecule has 1 aromatic heterocycles. The second-order valence-corrected chi connectivity index (χ2v) is 8.21. The Morgan fingerprint density at radius 2 is 2.06 bits per heavy atom. The normalized spacial score (nSPS) is 19.3. The first-order valence-electron chi connectivity index (χ1n) is 11.1. The second kappa shape index (κ2) is 12.3. The van der Waals surface area contributed by atoms with Crippen LogP contribution in [0.5, 0.6) is 0 Å². The van der Waals surface area contributed by atoms with Crippen molar-refractivity contribution in [3.05, 3.63) is 18.2 Å². The van der Waals surface area contributed by atoms with Crippen LogP contribution < -0.4 is 16.4 Å². The molecule has 2 rings (SSSR count). The first-order valence-corrected chi connectivity index (χ1v) is 11.1. The zero-order chi connectivity index (χ0) is 24.5. The van der Waals surface area contributed by atoms with Crippen molar-refractivity contribution in [2.75, 3.05) is 20.3 Å². The van der Waals surface area contributed by atoms with Gasteiger partial charge in [-0.25, -0.2) is 9.78 Å². The van der Waals surface area contributed by atoms with Gasteiger partial charge in [-0.05, 0) is 18.8 Å². The number of rotatable bonds is 11. The third-order valence-corrected chi connectivity index (χ3v) is 5.98. The van der Waals surface area contributed by atoms with E-state index < -0.39 is 54.5 Å². The molecule has 0 unspecified atom stereocenters. The Kier molecular flexibility index (Phi) is 9.79. The molecule has 0 aliphatic carbocycles. The highest BCUT2D eigenvalue weighted by Gasteiger charge is 2.39. The zero-order valence-corrected chi connectivity index (χ0v) is 19.2. The van der Waals surface area contributed by atoms with E-state index >= 15 is 0 Å². The fraction of sp³-hybridized carbons (Fsp3) is 0.667. The molecule has 1 saturated heterocycles. The number of nitrogens with one attached hydrogen (secondary N) is 3. The summed E-state index contributed by atoms with van der Waals surface area (Å²) in [5.74, 6) is -2.33. The number of aliphatic hydroxyl groups is 1. The number of carbonyl (C=O) groups is 4. The van der Waals surface area contributed by atoms with Gasteiger partial charge >= 0.3 is 5.97 Å². The van der Waals surface area contributed by atoms with Gasteiger partial charge in [0.05, 0.1) is 26.1 Å². The number of carbonyl (C=O) groups excluding carboxylic acids is 4. The fourth-order valence-corrected chi connectivity index (χ4v) is 3.69. The Morgan fingerprint density at radius 1 is 1.33 bits per heavy atom. The third-order valence-electron chi connectivity index (χ3n) is 5.98. The van der Waals surface area contributed by atoms with E-state index in [1.807, 2.05) is 13.8 Å². The number of nitrogens with zero attached hydrogens (tertiary/aromatic N) is 2. The number of ether oxygens (including phenoxy) is 1. The number of esters is 1. The smallest absolute Gasteiger partial charge is 0.330 e. The minimum atomic E-state index is -1.23. The van der Waals surface area contributed by atoms with Gasteiger partial charge in [0.2, 0.25) is 17.7 Å². The average Bonchev–Trinajstić information content (AvgIpc) is 3.52. The Labute approximate surface area is 192 Å². The highest BCUT2D eigenvalue weighted by atomic mass is 16.5. The Bertz CT molecular complexity index is 816. The number of aromatic nitrogens is 2. The molecule has 0 aromatic carbocycles. The first-order chi connectivity index (χ1) is 15.7. The molecule has 0 spiro atoms. The van der Waals surface area contributed by atoms with Crippen molar-refractivity contribution in [3.63, 3.8) is 0 Å². The summed E-state index contributed by atoms with van der Waals surface area (Å²) in [5.41, 5.74) is 6.68. The number of aromatic amines is 1. The monoisotopic (exact) mass is 466 g/mol. The number of likely N-dealkylation sites (tertiary alicyclic amines) is 1. The Balaban J connectivity index is 2.18. The number of hydrogen-bond donors (Lipinski definition) is 5. The maximum atomic E-state index is 13.4. The summed E-state index contributed by atoms with van der Waals surface area (Å²) in [6.07, 6.45) is 4.82. The van der Waals surface area contributed by atoms with Crippen LogP contribution in [0, 0.1) is 5.92 Å². The summed E-state index contributed by atoms with van der Waals surface area (Å²) in [4.78, 5) is 58.9. The van der Waals surface area contributed by atoms with Crippen LogP contribution in [0.3, 0.4) is 0 Å². The quantitative estimate of drug-likeness (QED) is 0.243. The van der Waals surface area contributed by atoms with Gasteiger partial charge in [0.15, 0.2) is 6.04 Å². The van der Waals surface area contributed by atoms with E-state index in [1.54, 1.807) is 6.20 Å². The highest BCUT2D eigenvalue weighted by Crippen LogP contribution is 2.20. The van der Waals surface area contributed by atoms with Crippen LogP contribution in [0.25, 0.3) is 0 Å². The van der Waals surface area contributed by atoms with Gasteiger partial charge < -0.3 is 36.1 Å². The topological polar surface area (TPSA) is 180 Å².